The third-order valence-electron chi connectivity index (χ3n) is 6.92. The average molecular weight is 422 g/mol. The number of aromatic nitrogens is 1. The number of nitrogens with zero attached hydrogens (tertiary/aromatic N) is 2. The number of hydrogen-bond donors (Lipinski definition) is 1. The number of amides is 1. The van der Waals surface area contributed by atoms with Crippen molar-refractivity contribution in [2.75, 3.05) is 20.2 Å². The van der Waals surface area contributed by atoms with Crippen molar-refractivity contribution in [2.24, 2.45) is 11.8 Å². The van der Waals surface area contributed by atoms with Crippen LogP contribution < -0.4 is 10.1 Å². The fraction of sp³-hybridized carbons (Fsp3) is 0.538. The molecule has 0 spiro atoms. The van der Waals surface area contributed by atoms with Gasteiger partial charge in [-0.1, -0.05) is 31.0 Å². The normalized spacial score (nSPS) is 19.3. The number of likely N-dealkylation sites (tertiary alicyclic amines) is 1. The fourth-order valence-corrected chi connectivity index (χ4v) is 5.18. The fourth-order valence-electron chi connectivity index (χ4n) is 5.18. The number of carbonyl (C=O) groups is 1. The molecule has 166 valence electrons. The Morgan fingerprint density at radius 1 is 1.13 bits per heavy atom. The number of carbonyl (C=O) groups excluding carboxylic acids is 1. The van der Waals surface area contributed by atoms with Gasteiger partial charge in [-0.15, -0.1) is 0 Å². The SMILES string of the molecule is COc1cccc(CN2CCC([C@H](NC(=O)CC3CCCC3)c3ccccn3)CC2)c1. The van der Waals surface area contributed by atoms with E-state index in [1.54, 1.807) is 7.11 Å². The number of benzene rings is 1. The predicted molar refractivity (Wildman–Crippen MR) is 123 cm³/mol. The molecule has 1 amide bonds. The molecule has 1 saturated carbocycles. The Labute approximate surface area is 186 Å². The van der Waals surface area contributed by atoms with Crippen LogP contribution in [0.5, 0.6) is 5.75 Å². The molecular formula is C26H35N3O2. The summed E-state index contributed by atoms with van der Waals surface area (Å²) in [6.45, 7) is 3.00. The lowest BCUT2D eigenvalue weighted by Gasteiger charge is -2.36. The van der Waals surface area contributed by atoms with Gasteiger partial charge in [0.2, 0.25) is 5.91 Å². The van der Waals surface area contributed by atoms with Crippen molar-refractivity contribution in [2.45, 2.75) is 57.5 Å². The van der Waals surface area contributed by atoms with Crippen molar-refractivity contribution in [1.29, 1.82) is 0 Å². The van der Waals surface area contributed by atoms with Gasteiger partial charge in [0, 0.05) is 19.2 Å². The number of pyridine rings is 1. The molecule has 0 radical (unpaired) electrons. The van der Waals surface area contributed by atoms with E-state index in [9.17, 15) is 4.79 Å². The number of ether oxygens (including phenoxy) is 1. The molecule has 0 unspecified atom stereocenters. The van der Waals surface area contributed by atoms with Gasteiger partial charge in [-0.05, 0) is 80.4 Å². The van der Waals surface area contributed by atoms with E-state index in [4.69, 9.17) is 4.74 Å². The second-order valence-corrected chi connectivity index (χ2v) is 9.12. The van der Waals surface area contributed by atoms with E-state index in [1.807, 2.05) is 24.4 Å². The van der Waals surface area contributed by atoms with Crippen LogP contribution in [-0.2, 0) is 11.3 Å². The minimum Gasteiger partial charge on any atom is -0.497 e. The number of rotatable bonds is 8. The maximum Gasteiger partial charge on any atom is 0.220 e. The highest BCUT2D eigenvalue weighted by molar-refractivity contribution is 5.76. The lowest BCUT2D eigenvalue weighted by Crippen LogP contribution is -2.41. The summed E-state index contributed by atoms with van der Waals surface area (Å²) < 4.78 is 5.36. The Kier molecular flexibility index (Phi) is 7.57. The molecule has 2 heterocycles. The van der Waals surface area contributed by atoms with Gasteiger partial charge in [0.1, 0.15) is 5.75 Å². The molecule has 5 nitrogen and oxygen atoms in total. The van der Waals surface area contributed by atoms with Gasteiger partial charge in [0.25, 0.3) is 0 Å². The van der Waals surface area contributed by atoms with E-state index in [0.29, 0.717) is 18.3 Å². The molecule has 1 atom stereocenters. The highest BCUT2D eigenvalue weighted by atomic mass is 16.5. The summed E-state index contributed by atoms with van der Waals surface area (Å²) in [5, 5.41) is 3.37. The van der Waals surface area contributed by atoms with Gasteiger partial charge in [0.15, 0.2) is 0 Å². The van der Waals surface area contributed by atoms with Crippen molar-refractivity contribution in [3.8, 4) is 5.75 Å². The molecule has 1 aliphatic carbocycles. The zero-order chi connectivity index (χ0) is 21.5. The molecule has 1 aliphatic heterocycles. The van der Waals surface area contributed by atoms with E-state index in [2.05, 4.69) is 39.5 Å². The smallest absolute Gasteiger partial charge is 0.220 e. The Morgan fingerprint density at radius 3 is 2.65 bits per heavy atom. The first-order valence-corrected chi connectivity index (χ1v) is 11.8. The molecule has 4 rings (SSSR count). The molecule has 2 aliphatic rings. The maximum atomic E-state index is 12.8. The molecule has 5 heteroatoms. The minimum absolute atomic E-state index is 0.00840. The zero-order valence-corrected chi connectivity index (χ0v) is 18.6. The second-order valence-electron chi connectivity index (χ2n) is 9.12. The van der Waals surface area contributed by atoms with Crippen LogP contribution in [0, 0.1) is 11.8 Å². The largest absolute Gasteiger partial charge is 0.497 e. The van der Waals surface area contributed by atoms with Crippen LogP contribution in [0.2, 0.25) is 0 Å². The van der Waals surface area contributed by atoms with Crippen LogP contribution in [0.25, 0.3) is 0 Å². The first-order valence-electron chi connectivity index (χ1n) is 11.8. The van der Waals surface area contributed by atoms with Gasteiger partial charge in [0.05, 0.1) is 18.8 Å². The quantitative estimate of drug-likeness (QED) is 0.669. The van der Waals surface area contributed by atoms with E-state index >= 15 is 0 Å². The van der Waals surface area contributed by atoms with Crippen LogP contribution >= 0.6 is 0 Å². The summed E-state index contributed by atoms with van der Waals surface area (Å²) in [6.07, 6.45) is 9.57. The van der Waals surface area contributed by atoms with Crippen LogP contribution in [-0.4, -0.2) is 36.0 Å². The first kappa shape index (κ1) is 21.8. The standard InChI is InChI=1S/C26H35N3O2/c1-31-23-10-6-9-21(17-23)19-29-15-12-22(13-16-29)26(24-11-4-5-14-27-24)28-25(30)18-20-7-2-3-8-20/h4-6,9-11,14,17,20,22,26H,2-3,7-8,12-13,15-16,18-19H2,1H3,(H,28,30)/t26-/m0/s1. The number of hydrogen-bond acceptors (Lipinski definition) is 4. The number of methoxy groups -OCH3 is 1. The van der Waals surface area contributed by atoms with Crippen LogP contribution in [0.4, 0.5) is 0 Å². The van der Waals surface area contributed by atoms with Gasteiger partial charge >= 0.3 is 0 Å². The molecule has 2 aromatic rings. The molecule has 31 heavy (non-hydrogen) atoms. The van der Waals surface area contributed by atoms with E-state index in [-0.39, 0.29) is 11.9 Å². The summed E-state index contributed by atoms with van der Waals surface area (Å²) in [7, 11) is 1.71. The van der Waals surface area contributed by atoms with Crippen LogP contribution in [0.3, 0.4) is 0 Å². The summed E-state index contributed by atoms with van der Waals surface area (Å²) in [5.41, 5.74) is 2.28. The van der Waals surface area contributed by atoms with E-state index in [0.717, 1.165) is 43.9 Å². The van der Waals surface area contributed by atoms with E-state index < -0.39 is 0 Å². The number of nitrogens with one attached hydrogen (secondary N) is 1. The lowest BCUT2D eigenvalue weighted by atomic mass is 9.86. The first-order chi connectivity index (χ1) is 15.2. The maximum absolute atomic E-state index is 12.8. The summed E-state index contributed by atoms with van der Waals surface area (Å²) in [6, 6.07) is 14.4. The van der Waals surface area contributed by atoms with Crippen molar-refractivity contribution in [1.82, 2.24) is 15.2 Å². The minimum atomic E-state index is 0.00840. The topological polar surface area (TPSA) is 54.5 Å². The molecule has 1 aromatic heterocycles. The third kappa shape index (κ3) is 6.07. The summed E-state index contributed by atoms with van der Waals surface area (Å²) >= 11 is 0. The van der Waals surface area contributed by atoms with Gasteiger partial charge in [-0.3, -0.25) is 14.7 Å². The van der Waals surface area contributed by atoms with Gasteiger partial charge < -0.3 is 10.1 Å². The van der Waals surface area contributed by atoms with Crippen LogP contribution in [0.15, 0.2) is 48.7 Å². The third-order valence-corrected chi connectivity index (χ3v) is 6.92. The highest BCUT2D eigenvalue weighted by Gasteiger charge is 2.30. The van der Waals surface area contributed by atoms with Gasteiger partial charge in [-0.25, -0.2) is 0 Å². The molecule has 1 aromatic carbocycles. The molecule has 0 bridgehead atoms. The molecule has 1 saturated heterocycles. The lowest BCUT2D eigenvalue weighted by molar-refractivity contribution is -0.123. The van der Waals surface area contributed by atoms with Crippen molar-refractivity contribution >= 4 is 5.91 Å². The molecule has 1 N–H and O–H groups in total. The molecule has 2 fully saturated rings. The Morgan fingerprint density at radius 2 is 1.94 bits per heavy atom. The Bertz CT molecular complexity index is 828. The Balaban J connectivity index is 1.36. The highest BCUT2D eigenvalue weighted by Crippen LogP contribution is 2.32. The van der Waals surface area contributed by atoms with Gasteiger partial charge in [-0.2, -0.15) is 0 Å². The van der Waals surface area contributed by atoms with Crippen molar-refractivity contribution < 1.29 is 9.53 Å². The Hall–Kier alpha value is -2.40. The van der Waals surface area contributed by atoms with Crippen molar-refractivity contribution in [3.63, 3.8) is 0 Å². The number of piperidine rings is 1. The van der Waals surface area contributed by atoms with Crippen LogP contribution in [0.1, 0.15) is 62.2 Å². The van der Waals surface area contributed by atoms with E-state index in [1.165, 1.54) is 31.2 Å². The second kappa shape index (κ2) is 10.8. The summed E-state index contributed by atoms with van der Waals surface area (Å²) in [5.74, 6) is 2.09. The monoisotopic (exact) mass is 421 g/mol. The predicted octanol–water partition coefficient (Wildman–Crippen LogP) is 4.74. The zero-order valence-electron chi connectivity index (χ0n) is 18.6. The van der Waals surface area contributed by atoms with Crippen molar-refractivity contribution in [3.05, 3.63) is 59.9 Å². The molecular weight excluding hydrogens is 386 g/mol. The average Bonchev–Trinajstić information content (AvgIpc) is 3.32. The summed E-state index contributed by atoms with van der Waals surface area (Å²) in [4.78, 5) is 19.9.